The van der Waals surface area contributed by atoms with Gasteiger partial charge in [0.25, 0.3) is 0 Å². The molecule has 3 rings (SSSR count). The topological polar surface area (TPSA) is 34.9 Å². The van der Waals surface area contributed by atoms with Crippen molar-refractivity contribution >= 4 is 55.1 Å². The smallest absolute Gasteiger partial charge is 0.185 e. The van der Waals surface area contributed by atoms with Gasteiger partial charge in [-0.2, -0.15) is 0 Å². The summed E-state index contributed by atoms with van der Waals surface area (Å²) < 4.78 is 3.91. The van der Waals surface area contributed by atoms with E-state index in [1.807, 2.05) is 47.2 Å². The van der Waals surface area contributed by atoms with E-state index in [9.17, 15) is 4.79 Å². The van der Waals surface area contributed by atoms with Crippen LogP contribution in [0.5, 0.6) is 0 Å². The summed E-state index contributed by atoms with van der Waals surface area (Å²) in [6.07, 6.45) is 8.73. The van der Waals surface area contributed by atoms with Gasteiger partial charge in [-0.25, -0.2) is 4.98 Å². The lowest BCUT2D eigenvalue weighted by Gasteiger charge is -2.02. The Morgan fingerprint density at radius 3 is 2.59 bits per heavy atom. The molecular weight excluding hydrogens is 428 g/mol. The maximum absolute atomic E-state index is 12.2. The molecule has 3 aromatic rings. The average Bonchev–Trinajstić information content (AvgIpc) is 3.16. The van der Waals surface area contributed by atoms with Crippen LogP contribution in [0, 0.1) is 0 Å². The largest absolute Gasteiger partial charge is 0.306 e. The molecule has 0 amide bonds. The number of carbonyl (C=O) groups excluding carboxylic acids is 1. The van der Waals surface area contributed by atoms with Crippen LogP contribution in [0.2, 0.25) is 0 Å². The van der Waals surface area contributed by atoms with Crippen LogP contribution in [0.15, 0.2) is 63.4 Å². The predicted molar refractivity (Wildman–Crippen MR) is 96.6 cm³/mol. The summed E-state index contributed by atoms with van der Waals surface area (Å²) in [5, 5.41) is 0. The third kappa shape index (κ3) is 3.45. The normalized spacial score (nSPS) is 11.2. The lowest BCUT2D eigenvalue weighted by Crippen LogP contribution is -1.95. The first-order valence-electron chi connectivity index (χ1n) is 6.39. The zero-order chi connectivity index (χ0) is 15.5. The molecule has 0 saturated heterocycles. The van der Waals surface area contributed by atoms with Crippen LogP contribution in [-0.2, 0) is 0 Å². The summed E-state index contributed by atoms with van der Waals surface area (Å²) in [5.41, 5.74) is 1.64. The SMILES string of the molecule is O=C(/C=C/c1cc(Br)c(Br)s1)c1ccc(-n2ccnc2)cc1. The van der Waals surface area contributed by atoms with E-state index in [1.165, 1.54) is 0 Å². The number of aromatic nitrogens is 2. The van der Waals surface area contributed by atoms with Gasteiger partial charge in [-0.05, 0) is 74.3 Å². The molecule has 22 heavy (non-hydrogen) atoms. The fourth-order valence-corrected chi connectivity index (χ4v) is 3.90. The number of imidazole rings is 1. The summed E-state index contributed by atoms with van der Waals surface area (Å²) in [4.78, 5) is 17.2. The summed E-state index contributed by atoms with van der Waals surface area (Å²) in [5.74, 6) is -0.0159. The molecule has 110 valence electrons. The van der Waals surface area contributed by atoms with E-state index < -0.39 is 0 Å². The van der Waals surface area contributed by atoms with Gasteiger partial charge in [-0.3, -0.25) is 4.79 Å². The number of benzene rings is 1. The van der Waals surface area contributed by atoms with E-state index >= 15 is 0 Å². The van der Waals surface area contributed by atoms with Gasteiger partial charge in [0.05, 0.1) is 10.1 Å². The zero-order valence-electron chi connectivity index (χ0n) is 11.2. The molecule has 0 spiro atoms. The maximum atomic E-state index is 12.2. The Morgan fingerprint density at radius 2 is 2.00 bits per heavy atom. The van der Waals surface area contributed by atoms with Crippen LogP contribution in [0.1, 0.15) is 15.2 Å². The second-order valence-electron chi connectivity index (χ2n) is 4.48. The zero-order valence-corrected chi connectivity index (χ0v) is 15.2. The van der Waals surface area contributed by atoms with Crippen LogP contribution >= 0.6 is 43.2 Å². The second kappa shape index (κ2) is 6.73. The van der Waals surface area contributed by atoms with Crippen LogP contribution in [0.25, 0.3) is 11.8 Å². The molecule has 3 nitrogen and oxygen atoms in total. The number of hydrogen-bond donors (Lipinski definition) is 0. The first-order valence-corrected chi connectivity index (χ1v) is 8.79. The van der Waals surface area contributed by atoms with E-state index in [0.717, 1.165) is 18.8 Å². The minimum Gasteiger partial charge on any atom is -0.306 e. The molecule has 0 aliphatic heterocycles. The van der Waals surface area contributed by atoms with Crippen molar-refractivity contribution in [2.45, 2.75) is 0 Å². The Morgan fingerprint density at radius 1 is 1.23 bits per heavy atom. The quantitative estimate of drug-likeness (QED) is 0.407. The van der Waals surface area contributed by atoms with Crippen molar-refractivity contribution in [2.75, 3.05) is 0 Å². The van der Waals surface area contributed by atoms with Gasteiger partial charge in [0, 0.05) is 33.0 Å². The van der Waals surface area contributed by atoms with Crippen LogP contribution < -0.4 is 0 Å². The third-order valence-corrected chi connectivity index (χ3v) is 6.24. The lowest BCUT2D eigenvalue weighted by molar-refractivity contribution is 0.104. The Labute approximate surface area is 148 Å². The van der Waals surface area contributed by atoms with Crippen molar-refractivity contribution in [1.29, 1.82) is 0 Å². The fraction of sp³-hybridized carbons (Fsp3) is 0. The molecule has 0 aliphatic carbocycles. The van der Waals surface area contributed by atoms with Gasteiger partial charge in [0.15, 0.2) is 5.78 Å². The molecule has 0 saturated carbocycles. The van der Waals surface area contributed by atoms with Gasteiger partial charge in [-0.15, -0.1) is 11.3 Å². The van der Waals surface area contributed by atoms with Crippen LogP contribution in [0.4, 0.5) is 0 Å². The monoisotopic (exact) mass is 436 g/mol. The summed E-state index contributed by atoms with van der Waals surface area (Å²) in [6, 6.07) is 9.42. The Kier molecular flexibility index (Phi) is 4.71. The molecule has 2 heterocycles. The minimum atomic E-state index is -0.0159. The fourth-order valence-electron chi connectivity index (χ4n) is 1.91. The Balaban J connectivity index is 1.75. The lowest BCUT2D eigenvalue weighted by atomic mass is 10.1. The Hall–Kier alpha value is -1.50. The number of ketones is 1. The molecule has 0 N–H and O–H groups in total. The molecular formula is C16H10Br2N2OS. The van der Waals surface area contributed by atoms with Crippen LogP contribution in [0.3, 0.4) is 0 Å². The predicted octanol–water partition coefficient (Wildman–Crippen LogP) is 5.35. The summed E-state index contributed by atoms with van der Waals surface area (Å²) >= 11 is 8.45. The number of rotatable bonds is 4. The first kappa shape index (κ1) is 15.4. The highest BCUT2D eigenvalue weighted by Crippen LogP contribution is 2.33. The van der Waals surface area contributed by atoms with Crippen molar-refractivity contribution in [1.82, 2.24) is 9.55 Å². The molecule has 0 bridgehead atoms. The summed E-state index contributed by atoms with van der Waals surface area (Å²) in [7, 11) is 0. The third-order valence-electron chi connectivity index (χ3n) is 3.02. The molecule has 0 fully saturated rings. The van der Waals surface area contributed by atoms with Gasteiger partial charge in [0.1, 0.15) is 0 Å². The number of halogens is 2. The molecule has 0 unspecified atom stereocenters. The number of thiophene rings is 1. The molecule has 0 aliphatic rings. The van der Waals surface area contributed by atoms with E-state index in [2.05, 4.69) is 36.8 Å². The van der Waals surface area contributed by atoms with Crippen molar-refractivity contribution < 1.29 is 4.79 Å². The standard InChI is InChI=1S/C16H10Br2N2OS/c17-14-9-13(22-16(14)18)5-6-15(21)11-1-3-12(4-2-11)20-8-7-19-10-20/h1-10H/b6-5+. The molecule has 0 radical (unpaired) electrons. The highest BCUT2D eigenvalue weighted by atomic mass is 79.9. The number of carbonyl (C=O) groups is 1. The number of hydrogen-bond acceptors (Lipinski definition) is 3. The van der Waals surface area contributed by atoms with E-state index in [4.69, 9.17) is 0 Å². The highest BCUT2D eigenvalue weighted by molar-refractivity contribution is 9.13. The molecule has 1 aromatic carbocycles. The summed E-state index contributed by atoms with van der Waals surface area (Å²) in [6.45, 7) is 0. The minimum absolute atomic E-state index is 0.0159. The molecule has 0 atom stereocenters. The van der Waals surface area contributed by atoms with Gasteiger partial charge in [-0.1, -0.05) is 0 Å². The van der Waals surface area contributed by atoms with Crippen LogP contribution in [-0.4, -0.2) is 15.3 Å². The average molecular weight is 438 g/mol. The first-order chi connectivity index (χ1) is 10.6. The van der Waals surface area contributed by atoms with E-state index in [-0.39, 0.29) is 5.78 Å². The van der Waals surface area contributed by atoms with Crippen molar-refractivity contribution in [2.24, 2.45) is 0 Å². The molecule has 6 heteroatoms. The van der Waals surface area contributed by atoms with Gasteiger partial charge >= 0.3 is 0 Å². The number of allylic oxidation sites excluding steroid dienone is 1. The maximum Gasteiger partial charge on any atom is 0.185 e. The van der Waals surface area contributed by atoms with Crippen molar-refractivity contribution in [3.8, 4) is 5.69 Å². The molecule has 2 aromatic heterocycles. The van der Waals surface area contributed by atoms with Gasteiger partial charge in [0.2, 0.25) is 0 Å². The van der Waals surface area contributed by atoms with E-state index in [1.54, 1.807) is 29.9 Å². The van der Waals surface area contributed by atoms with Crippen molar-refractivity contribution in [3.05, 3.63) is 73.8 Å². The number of nitrogens with zero attached hydrogens (tertiary/aromatic N) is 2. The van der Waals surface area contributed by atoms with Gasteiger partial charge < -0.3 is 4.57 Å². The van der Waals surface area contributed by atoms with Crippen molar-refractivity contribution in [3.63, 3.8) is 0 Å². The van der Waals surface area contributed by atoms with E-state index in [0.29, 0.717) is 5.56 Å². The highest BCUT2D eigenvalue weighted by Gasteiger charge is 2.05. The second-order valence-corrected chi connectivity index (χ2v) is 7.74. The Bertz CT molecular complexity index is 801.